The molecule has 3 rings (SSSR count). The molecule has 0 aliphatic heterocycles. The van der Waals surface area contributed by atoms with Crippen molar-refractivity contribution >= 4 is 33.9 Å². The van der Waals surface area contributed by atoms with Gasteiger partial charge in [-0.1, -0.05) is 41.3 Å². The Morgan fingerprint density at radius 1 is 1.16 bits per heavy atom. The van der Waals surface area contributed by atoms with Crippen molar-refractivity contribution in [1.82, 2.24) is 10.2 Å². The molecule has 0 aliphatic carbocycles. The molecule has 25 heavy (non-hydrogen) atoms. The molecule has 0 saturated carbocycles. The number of hydrogen-bond donors (Lipinski definition) is 2. The number of nitrogens with one attached hydrogen (secondary N) is 1. The van der Waals surface area contributed by atoms with Crippen LogP contribution in [0.4, 0.5) is 19.6 Å². The molecule has 1 heterocycles. The van der Waals surface area contributed by atoms with Crippen LogP contribution >= 0.6 is 23.1 Å². The lowest BCUT2D eigenvalue weighted by Crippen LogP contribution is -2.06. The van der Waals surface area contributed by atoms with Crippen LogP contribution in [-0.2, 0) is 0 Å². The van der Waals surface area contributed by atoms with Gasteiger partial charge in [-0.15, -0.1) is 10.2 Å². The number of benzene rings is 2. The minimum absolute atomic E-state index is 0.0803. The molecule has 0 bridgehead atoms. The van der Waals surface area contributed by atoms with Crippen molar-refractivity contribution in [2.24, 2.45) is 0 Å². The van der Waals surface area contributed by atoms with Gasteiger partial charge in [0, 0.05) is 11.4 Å². The molecule has 2 aromatic carbocycles. The Kier molecular flexibility index (Phi) is 5.62. The predicted molar refractivity (Wildman–Crippen MR) is 96.4 cm³/mol. The number of aromatic nitrogens is 2. The molecule has 8 heteroatoms. The van der Waals surface area contributed by atoms with Crippen LogP contribution in [0, 0.1) is 18.6 Å². The van der Waals surface area contributed by atoms with Crippen LogP contribution in [0.2, 0.25) is 0 Å². The topological polar surface area (TPSA) is 58.0 Å². The molecule has 0 spiro atoms. The molecule has 1 atom stereocenters. The van der Waals surface area contributed by atoms with Crippen LogP contribution < -0.4 is 5.32 Å². The van der Waals surface area contributed by atoms with Gasteiger partial charge in [-0.25, -0.2) is 8.78 Å². The molecule has 130 valence electrons. The summed E-state index contributed by atoms with van der Waals surface area (Å²) in [6.07, 6.45) is -1.26. The summed E-state index contributed by atoms with van der Waals surface area (Å²) in [4.78, 5) is 0. The van der Waals surface area contributed by atoms with Crippen molar-refractivity contribution in [3.63, 3.8) is 0 Å². The molecule has 0 fully saturated rings. The first-order valence-electron chi connectivity index (χ1n) is 7.45. The minimum Gasteiger partial charge on any atom is -0.387 e. The fourth-order valence-corrected chi connectivity index (χ4v) is 3.97. The summed E-state index contributed by atoms with van der Waals surface area (Å²) < 4.78 is 27.9. The van der Waals surface area contributed by atoms with E-state index in [1.54, 1.807) is 0 Å². The van der Waals surface area contributed by atoms with E-state index >= 15 is 0 Å². The Morgan fingerprint density at radius 2 is 1.88 bits per heavy atom. The van der Waals surface area contributed by atoms with Gasteiger partial charge in [0.05, 0.1) is 11.7 Å². The molecule has 4 nitrogen and oxygen atoms in total. The summed E-state index contributed by atoms with van der Waals surface area (Å²) in [5.41, 5.74) is 1.71. The Labute approximate surface area is 151 Å². The average Bonchev–Trinajstić information content (AvgIpc) is 3.00. The van der Waals surface area contributed by atoms with Crippen LogP contribution in [0.15, 0.2) is 46.8 Å². The van der Waals surface area contributed by atoms with Crippen LogP contribution in [0.3, 0.4) is 0 Å². The van der Waals surface area contributed by atoms with Crippen molar-refractivity contribution < 1.29 is 13.9 Å². The molecule has 0 saturated heterocycles. The number of aryl methyl sites for hydroxylation is 1. The number of nitrogens with zero attached hydrogens (tertiary/aromatic N) is 2. The van der Waals surface area contributed by atoms with Crippen molar-refractivity contribution in [1.29, 1.82) is 0 Å². The molecule has 0 radical (unpaired) electrons. The lowest BCUT2D eigenvalue weighted by molar-refractivity contribution is 0.193. The fraction of sp³-hybridized carbons (Fsp3) is 0.176. The van der Waals surface area contributed by atoms with Crippen LogP contribution in [0.25, 0.3) is 0 Å². The Hall–Kier alpha value is -2.03. The van der Waals surface area contributed by atoms with Gasteiger partial charge in [-0.05, 0) is 36.8 Å². The minimum atomic E-state index is -1.26. The second-order valence-corrected chi connectivity index (χ2v) is 7.57. The predicted octanol–water partition coefficient (Wildman–Crippen LogP) is 4.69. The molecule has 0 aliphatic rings. The molecular formula is C17H15F2N3OS2. The smallest absolute Gasteiger partial charge is 0.210 e. The second-order valence-electron chi connectivity index (χ2n) is 5.33. The first kappa shape index (κ1) is 17.8. The van der Waals surface area contributed by atoms with E-state index in [9.17, 15) is 13.9 Å². The highest BCUT2D eigenvalue weighted by Gasteiger charge is 2.18. The SMILES string of the molecule is Cc1cccc(Nc2nnc(SCC(O)c3c(F)cccc3F)s2)c1. The van der Waals surface area contributed by atoms with Crippen molar-refractivity contribution in [2.75, 3.05) is 11.1 Å². The van der Waals surface area contributed by atoms with Gasteiger partial charge in [0.1, 0.15) is 11.6 Å². The van der Waals surface area contributed by atoms with E-state index in [2.05, 4.69) is 15.5 Å². The maximum atomic E-state index is 13.7. The molecular weight excluding hydrogens is 364 g/mol. The summed E-state index contributed by atoms with van der Waals surface area (Å²) in [5.74, 6) is -1.43. The maximum absolute atomic E-state index is 13.7. The summed E-state index contributed by atoms with van der Waals surface area (Å²) in [5, 5.41) is 21.9. The van der Waals surface area contributed by atoms with Crippen molar-refractivity contribution in [3.05, 3.63) is 65.2 Å². The van der Waals surface area contributed by atoms with Crippen LogP contribution in [-0.4, -0.2) is 21.1 Å². The number of aliphatic hydroxyl groups excluding tert-OH is 1. The third-order valence-electron chi connectivity index (χ3n) is 3.37. The number of aliphatic hydroxyl groups is 1. The number of halogens is 2. The zero-order valence-corrected chi connectivity index (χ0v) is 14.9. The van der Waals surface area contributed by atoms with Crippen molar-refractivity contribution in [3.8, 4) is 0 Å². The van der Waals surface area contributed by atoms with Gasteiger partial charge >= 0.3 is 0 Å². The first-order chi connectivity index (χ1) is 12.0. The second kappa shape index (κ2) is 7.90. The number of rotatable bonds is 6. The van der Waals surface area contributed by atoms with Crippen LogP contribution in [0.5, 0.6) is 0 Å². The molecule has 3 aromatic rings. The quantitative estimate of drug-likeness (QED) is 0.608. The molecule has 1 aromatic heterocycles. The zero-order chi connectivity index (χ0) is 17.8. The van der Waals surface area contributed by atoms with E-state index < -0.39 is 17.7 Å². The van der Waals surface area contributed by atoms with E-state index in [0.29, 0.717) is 9.47 Å². The van der Waals surface area contributed by atoms with Gasteiger partial charge < -0.3 is 10.4 Å². The highest BCUT2D eigenvalue weighted by molar-refractivity contribution is 8.01. The highest BCUT2D eigenvalue weighted by atomic mass is 32.2. The van der Waals surface area contributed by atoms with Gasteiger partial charge in [0.2, 0.25) is 5.13 Å². The van der Waals surface area contributed by atoms with E-state index in [1.165, 1.54) is 29.2 Å². The number of anilines is 2. The van der Waals surface area contributed by atoms with E-state index in [4.69, 9.17) is 0 Å². The van der Waals surface area contributed by atoms with Gasteiger partial charge in [0.25, 0.3) is 0 Å². The average molecular weight is 379 g/mol. The van der Waals surface area contributed by atoms with Crippen LogP contribution in [0.1, 0.15) is 17.2 Å². The zero-order valence-electron chi connectivity index (χ0n) is 13.2. The summed E-state index contributed by atoms with van der Waals surface area (Å²) in [6, 6.07) is 11.4. The van der Waals surface area contributed by atoms with E-state index in [1.807, 2.05) is 31.2 Å². The largest absolute Gasteiger partial charge is 0.387 e. The Bertz CT molecular complexity index is 852. The van der Waals surface area contributed by atoms with Gasteiger partial charge in [-0.3, -0.25) is 0 Å². The first-order valence-corrected chi connectivity index (χ1v) is 9.25. The van der Waals surface area contributed by atoms with E-state index in [0.717, 1.165) is 23.4 Å². The number of thioether (sulfide) groups is 1. The van der Waals surface area contributed by atoms with E-state index in [-0.39, 0.29) is 11.3 Å². The third-order valence-corrected chi connectivity index (χ3v) is 5.42. The lowest BCUT2D eigenvalue weighted by Gasteiger charge is -2.11. The number of hydrogen-bond acceptors (Lipinski definition) is 6. The Balaban J connectivity index is 1.62. The highest BCUT2D eigenvalue weighted by Crippen LogP contribution is 2.31. The molecule has 0 amide bonds. The van der Waals surface area contributed by atoms with Gasteiger partial charge in [-0.2, -0.15) is 0 Å². The monoisotopic (exact) mass is 379 g/mol. The standard InChI is InChI=1S/C17H15F2N3OS2/c1-10-4-2-5-11(8-10)20-16-21-22-17(25-16)24-9-14(23)15-12(18)6-3-7-13(15)19/h2-8,14,23H,9H2,1H3,(H,20,21). The third kappa shape index (κ3) is 4.53. The Morgan fingerprint density at radius 3 is 2.60 bits per heavy atom. The molecule has 2 N–H and O–H groups in total. The normalized spacial score (nSPS) is 12.2. The summed E-state index contributed by atoms with van der Waals surface area (Å²) in [7, 11) is 0. The maximum Gasteiger partial charge on any atom is 0.210 e. The van der Waals surface area contributed by atoms with Gasteiger partial charge in [0.15, 0.2) is 4.34 Å². The lowest BCUT2D eigenvalue weighted by atomic mass is 10.1. The molecule has 1 unspecified atom stereocenters. The fourth-order valence-electron chi connectivity index (χ4n) is 2.23. The summed E-state index contributed by atoms with van der Waals surface area (Å²) >= 11 is 2.51. The summed E-state index contributed by atoms with van der Waals surface area (Å²) in [6.45, 7) is 2.00. The van der Waals surface area contributed by atoms with Crippen molar-refractivity contribution in [2.45, 2.75) is 17.4 Å².